The molecule has 0 atom stereocenters. The van der Waals surface area contributed by atoms with E-state index in [9.17, 15) is 4.79 Å². The van der Waals surface area contributed by atoms with Gasteiger partial charge in [-0.1, -0.05) is 5.16 Å². The average molecular weight is 214 g/mol. The monoisotopic (exact) mass is 214 g/mol. The van der Waals surface area contributed by atoms with Crippen molar-refractivity contribution in [1.29, 1.82) is 0 Å². The largest absolute Gasteiger partial charge is 0.396 e. The lowest BCUT2D eigenvalue weighted by Crippen LogP contribution is -2.25. The lowest BCUT2D eigenvalue weighted by atomic mass is 10.3. The lowest BCUT2D eigenvalue weighted by Gasteiger charge is -1.99. The van der Waals surface area contributed by atoms with Gasteiger partial charge < -0.3 is 19.7 Å². The molecule has 2 N–H and O–H groups in total. The minimum Gasteiger partial charge on any atom is -0.396 e. The van der Waals surface area contributed by atoms with E-state index in [1.165, 1.54) is 13.2 Å². The van der Waals surface area contributed by atoms with E-state index < -0.39 is 0 Å². The van der Waals surface area contributed by atoms with Gasteiger partial charge in [-0.2, -0.15) is 0 Å². The van der Waals surface area contributed by atoms with Gasteiger partial charge in [0.2, 0.25) is 0 Å². The second kappa shape index (κ2) is 6.15. The normalized spacial score (nSPS) is 10.3. The van der Waals surface area contributed by atoms with Crippen LogP contribution in [0.2, 0.25) is 0 Å². The molecule has 0 aliphatic heterocycles. The molecule has 0 saturated carbocycles. The Hall–Kier alpha value is -1.40. The Labute approximate surface area is 87.2 Å². The van der Waals surface area contributed by atoms with Crippen molar-refractivity contribution in [1.82, 2.24) is 10.5 Å². The summed E-state index contributed by atoms with van der Waals surface area (Å²) in [6, 6.07) is 1.53. The summed E-state index contributed by atoms with van der Waals surface area (Å²) < 4.78 is 9.67. The first-order valence-corrected chi connectivity index (χ1v) is 4.61. The van der Waals surface area contributed by atoms with Crippen molar-refractivity contribution in [2.75, 3.05) is 20.3 Å². The molecule has 1 aromatic heterocycles. The van der Waals surface area contributed by atoms with Gasteiger partial charge >= 0.3 is 0 Å². The van der Waals surface area contributed by atoms with Gasteiger partial charge in [-0.05, 0) is 6.42 Å². The van der Waals surface area contributed by atoms with Gasteiger partial charge in [-0.3, -0.25) is 4.79 Å². The van der Waals surface area contributed by atoms with Crippen LogP contribution in [0.5, 0.6) is 0 Å². The van der Waals surface area contributed by atoms with Gasteiger partial charge in [0.25, 0.3) is 5.91 Å². The number of carbonyl (C=O) groups is 1. The minimum atomic E-state index is -0.311. The van der Waals surface area contributed by atoms with Crippen LogP contribution in [-0.4, -0.2) is 36.4 Å². The highest BCUT2D eigenvalue weighted by Gasteiger charge is 2.11. The number of nitrogens with one attached hydrogen (secondary N) is 1. The zero-order valence-corrected chi connectivity index (χ0v) is 8.52. The number of amides is 1. The fourth-order valence-electron chi connectivity index (χ4n) is 1.00. The smallest absolute Gasteiger partial charge is 0.273 e. The van der Waals surface area contributed by atoms with E-state index in [1.807, 2.05) is 0 Å². The van der Waals surface area contributed by atoms with Gasteiger partial charge in [-0.15, -0.1) is 0 Å². The third kappa shape index (κ3) is 3.69. The first kappa shape index (κ1) is 11.7. The van der Waals surface area contributed by atoms with Gasteiger partial charge in [0.15, 0.2) is 11.5 Å². The molecule has 0 fully saturated rings. The molecule has 0 aliphatic carbocycles. The second-order valence-corrected chi connectivity index (χ2v) is 2.94. The summed E-state index contributed by atoms with van der Waals surface area (Å²) in [4.78, 5) is 11.4. The number of nitrogens with zero attached hydrogens (tertiary/aromatic N) is 1. The molecule has 6 nitrogen and oxygen atoms in total. The van der Waals surface area contributed by atoms with Gasteiger partial charge in [0, 0.05) is 26.3 Å². The zero-order chi connectivity index (χ0) is 11.1. The van der Waals surface area contributed by atoms with Gasteiger partial charge in [-0.25, -0.2) is 0 Å². The van der Waals surface area contributed by atoms with E-state index in [0.717, 1.165) is 0 Å². The van der Waals surface area contributed by atoms with Crippen molar-refractivity contribution < 1.29 is 19.2 Å². The summed E-state index contributed by atoms with van der Waals surface area (Å²) in [5.41, 5.74) is 0.222. The highest BCUT2D eigenvalue weighted by molar-refractivity contribution is 5.92. The molecule has 0 spiro atoms. The van der Waals surface area contributed by atoms with Crippen molar-refractivity contribution in [3.8, 4) is 0 Å². The first-order chi connectivity index (χ1) is 7.27. The number of methoxy groups -OCH3 is 1. The number of carbonyl (C=O) groups excluding carboxylic acids is 1. The highest BCUT2D eigenvalue weighted by Crippen LogP contribution is 2.04. The number of hydrogen-bond acceptors (Lipinski definition) is 5. The molecule has 0 unspecified atom stereocenters. The van der Waals surface area contributed by atoms with Gasteiger partial charge in [0.05, 0.1) is 0 Å². The molecule has 1 heterocycles. The number of aromatic nitrogens is 1. The van der Waals surface area contributed by atoms with Crippen molar-refractivity contribution in [2.45, 2.75) is 13.0 Å². The fourth-order valence-corrected chi connectivity index (χ4v) is 1.00. The Morgan fingerprint density at radius 2 is 2.53 bits per heavy atom. The summed E-state index contributed by atoms with van der Waals surface area (Å²) >= 11 is 0. The molecule has 1 aromatic rings. The Kier molecular flexibility index (Phi) is 4.79. The maximum absolute atomic E-state index is 11.4. The Balaban J connectivity index is 2.43. The quantitative estimate of drug-likeness (QED) is 0.648. The lowest BCUT2D eigenvalue weighted by molar-refractivity contribution is 0.0941. The predicted molar refractivity (Wildman–Crippen MR) is 51.3 cm³/mol. The highest BCUT2D eigenvalue weighted by atomic mass is 16.5. The standard InChI is InChI=1S/C9H14N2O4/c1-14-6-7-5-8(11-15-7)9(13)10-3-2-4-12/h5,12H,2-4,6H2,1H3,(H,10,13). The van der Waals surface area contributed by atoms with Crippen LogP contribution in [0.25, 0.3) is 0 Å². The Morgan fingerprint density at radius 3 is 3.20 bits per heavy atom. The minimum absolute atomic E-state index is 0.0496. The third-order valence-electron chi connectivity index (χ3n) is 1.70. The molecular weight excluding hydrogens is 200 g/mol. The SMILES string of the molecule is COCc1cc(C(=O)NCCCO)no1. The van der Waals surface area contributed by atoms with Gasteiger partial charge in [0.1, 0.15) is 6.61 Å². The summed E-state index contributed by atoms with van der Waals surface area (Å²) in [7, 11) is 1.53. The molecule has 0 radical (unpaired) electrons. The number of aliphatic hydroxyl groups is 1. The summed E-state index contributed by atoms with van der Waals surface area (Å²) in [5.74, 6) is 0.194. The molecule has 84 valence electrons. The maximum Gasteiger partial charge on any atom is 0.273 e. The molecule has 0 aliphatic rings. The van der Waals surface area contributed by atoms with Crippen LogP contribution < -0.4 is 5.32 Å². The molecule has 0 saturated heterocycles. The van der Waals surface area contributed by atoms with Crippen LogP contribution in [0.4, 0.5) is 0 Å². The number of hydrogen-bond donors (Lipinski definition) is 2. The summed E-state index contributed by atoms with van der Waals surface area (Å²) in [5, 5.41) is 14.7. The van der Waals surface area contributed by atoms with Crippen molar-refractivity contribution in [3.63, 3.8) is 0 Å². The van der Waals surface area contributed by atoms with Crippen molar-refractivity contribution in [2.24, 2.45) is 0 Å². The Bertz CT molecular complexity index is 311. The van der Waals surface area contributed by atoms with E-state index in [0.29, 0.717) is 18.7 Å². The fraction of sp³-hybridized carbons (Fsp3) is 0.556. The summed E-state index contributed by atoms with van der Waals surface area (Å²) in [6.07, 6.45) is 0.522. The third-order valence-corrected chi connectivity index (χ3v) is 1.70. The first-order valence-electron chi connectivity index (χ1n) is 4.61. The van der Waals surface area contributed by atoms with E-state index >= 15 is 0 Å². The van der Waals surface area contributed by atoms with E-state index in [1.54, 1.807) is 0 Å². The molecule has 15 heavy (non-hydrogen) atoms. The second-order valence-electron chi connectivity index (χ2n) is 2.94. The van der Waals surface area contributed by atoms with Crippen LogP contribution in [-0.2, 0) is 11.3 Å². The topological polar surface area (TPSA) is 84.6 Å². The molecule has 1 amide bonds. The number of rotatable bonds is 6. The average Bonchev–Trinajstić information content (AvgIpc) is 2.67. The molecule has 0 aromatic carbocycles. The molecule has 6 heteroatoms. The molecule has 0 bridgehead atoms. The van der Waals surface area contributed by atoms with Crippen LogP contribution in [0, 0.1) is 0 Å². The van der Waals surface area contributed by atoms with Crippen molar-refractivity contribution in [3.05, 3.63) is 17.5 Å². The molecule has 1 rings (SSSR count). The van der Waals surface area contributed by atoms with E-state index in [-0.39, 0.29) is 24.8 Å². The van der Waals surface area contributed by atoms with Crippen molar-refractivity contribution >= 4 is 5.91 Å². The predicted octanol–water partition coefficient (Wildman–Crippen LogP) is -0.0668. The van der Waals surface area contributed by atoms with Crippen LogP contribution in [0.3, 0.4) is 0 Å². The number of aliphatic hydroxyl groups excluding tert-OH is 1. The summed E-state index contributed by atoms with van der Waals surface area (Å²) in [6.45, 7) is 0.757. The zero-order valence-electron chi connectivity index (χ0n) is 8.52. The maximum atomic E-state index is 11.4. The van der Waals surface area contributed by atoms with Crippen LogP contribution in [0.15, 0.2) is 10.6 Å². The van der Waals surface area contributed by atoms with E-state index in [2.05, 4.69) is 10.5 Å². The van der Waals surface area contributed by atoms with E-state index in [4.69, 9.17) is 14.4 Å². The van der Waals surface area contributed by atoms with Crippen LogP contribution >= 0.6 is 0 Å². The Morgan fingerprint density at radius 1 is 1.73 bits per heavy atom. The number of ether oxygens (including phenoxy) is 1. The molecular formula is C9H14N2O4. The van der Waals surface area contributed by atoms with Crippen LogP contribution in [0.1, 0.15) is 22.7 Å².